The lowest BCUT2D eigenvalue weighted by Crippen LogP contribution is -2.42. The fraction of sp³-hybridized carbons (Fsp3) is 0.294. The monoisotopic (exact) mass is 358 g/mol. The van der Waals surface area contributed by atoms with Crippen molar-refractivity contribution in [2.24, 2.45) is 0 Å². The first kappa shape index (κ1) is 17.1. The van der Waals surface area contributed by atoms with Gasteiger partial charge in [-0.2, -0.15) is 0 Å². The summed E-state index contributed by atoms with van der Waals surface area (Å²) in [6, 6.07) is 9.15. The molecule has 1 fully saturated rings. The van der Waals surface area contributed by atoms with Gasteiger partial charge in [-0.3, -0.25) is 14.5 Å². The summed E-state index contributed by atoms with van der Waals surface area (Å²) in [4.78, 5) is 44.8. The number of aromatic nitrogens is 1. The van der Waals surface area contributed by atoms with Crippen molar-refractivity contribution >= 4 is 29.2 Å². The maximum Gasteiger partial charge on any atom is 0.327 e. The standard InChI is InChI=1S/C17H18N4O3S/c1-19-11-16(23)21(17(19)24)12-15(22)20(10-14-18-7-8-25-14)9-13-5-3-2-4-6-13/h2-8H,9-12H2,1H3. The molecule has 1 aromatic carbocycles. The highest BCUT2D eigenvalue weighted by Crippen LogP contribution is 2.14. The van der Waals surface area contributed by atoms with Crippen LogP contribution in [-0.4, -0.2) is 57.7 Å². The maximum atomic E-state index is 12.8. The second-order valence-corrected chi connectivity index (χ2v) is 6.76. The molecule has 1 aliphatic rings. The molecule has 25 heavy (non-hydrogen) atoms. The largest absolute Gasteiger partial charge is 0.330 e. The molecule has 0 saturated carbocycles. The number of benzene rings is 1. The van der Waals surface area contributed by atoms with Crippen LogP contribution < -0.4 is 0 Å². The van der Waals surface area contributed by atoms with E-state index in [0.29, 0.717) is 13.1 Å². The summed E-state index contributed by atoms with van der Waals surface area (Å²) < 4.78 is 0. The molecular formula is C17H18N4O3S. The fourth-order valence-corrected chi connectivity index (χ4v) is 3.22. The predicted octanol–water partition coefficient (Wildman–Crippen LogP) is 1.57. The van der Waals surface area contributed by atoms with Crippen LogP contribution in [0.3, 0.4) is 0 Å². The molecule has 7 nitrogen and oxygen atoms in total. The number of hydrogen-bond donors (Lipinski definition) is 0. The number of nitrogens with zero attached hydrogens (tertiary/aromatic N) is 4. The molecule has 1 saturated heterocycles. The Morgan fingerprint density at radius 2 is 2.00 bits per heavy atom. The van der Waals surface area contributed by atoms with Crippen molar-refractivity contribution in [2.75, 3.05) is 20.1 Å². The first-order valence-electron chi connectivity index (χ1n) is 7.80. The summed E-state index contributed by atoms with van der Waals surface area (Å²) in [7, 11) is 1.54. The zero-order chi connectivity index (χ0) is 17.8. The van der Waals surface area contributed by atoms with Crippen LogP contribution in [0.4, 0.5) is 4.79 Å². The molecule has 0 aliphatic carbocycles. The van der Waals surface area contributed by atoms with E-state index in [4.69, 9.17) is 0 Å². The lowest BCUT2D eigenvalue weighted by molar-refractivity contribution is -0.137. The summed E-state index contributed by atoms with van der Waals surface area (Å²) in [5.41, 5.74) is 0.976. The number of likely N-dealkylation sites (N-methyl/N-ethyl adjacent to an activating group) is 1. The zero-order valence-corrected chi connectivity index (χ0v) is 14.6. The molecule has 2 aromatic rings. The van der Waals surface area contributed by atoms with Gasteiger partial charge < -0.3 is 9.80 Å². The van der Waals surface area contributed by atoms with Crippen LogP contribution in [0.2, 0.25) is 0 Å². The quantitative estimate of drug-likeness (QED) is 0.735. The summed E-state index contributed by atoms with van der Waals surface area (Å²) in [6.45, 7) is 0.500. The molecule has 1 aromatic heterocycles. The van der Waals surface area contributed by atoms with Crippen LogP contribution in [0.5, 0.6) is 0 Å². The molecule has 8 heteroatoms. The Hall–Kier alpha value is -2.74. The zero-order valence-electron chi connectivity index (χ0n) is 13.8. The molecule has 0 atom stereocenters. The third kappa shape index (κ3) is 4.03. The summed E-state index contributed by atoms with van der Waals surface area (Å²) in [6.07, 6.45) is 1.69. The molecule has 3 rings (SSSR count). The average Bonchev–Trinajstić information content (AvgIpc) is 3.19. The first-order valence-corrected chi connectivity index (χ1v) is 8.68. The van der Waals surface area contributed by atoms with E-state index in [1.165, 1.54) is 16.2 Å². The van der Waals surface area contributed by atoms with Crippen molar-refractivity contribution in [1.82, 2.24) is 19.7 Å². The molecule has 2 heterocycles. The first-order chi connectivity index (χ1) is 12.0. The number of urea groups is 1. The lowest BCUT2D eigenvalue weighted by Gasteiger charge is -2.24. The average molecular weight is 358 g/mol. The van der Waals surface area contributed by atoms with Crippen molar-refractivity contribution in [2.45, 2.75) is 13.1 Å². The Balaban J connectivity index is 1.74. The van der Waals surface area contributed by atoms with Gasteiger partial charge in [-0.15, -0.1) is 11.3 Å². The second-order valence-electron chi connectivity index (χ2n) is 5.78. The van der Waals surface area contributed by atoms with Gasteiger partial charge >= 0.3 is 6.03 Å². The van der Waals surface area contributed by atoms with Gasteiger partial charge in [-0.25, -0.2) is 9.78 Å². The van der Waals surface area contributed by atoms with Gasteiger partial charge in [0.15, 0.2) is 0 Å². The van der Waals surface area contributed by atoms with Crippen LogP contribution in [0.1, 0.15) is 10.6 Å². The highest BCUT2D eigenvalue weighted by atomic mass is 32.1. The van der Waals surface area contributed by atoms with E-state index in [-0.39, 0.29) is 24.9 Å². The van der Waals surface area contributed by atoms with E-state index < -0.39 is 6.03 Å². The molecule has 1 aliphatic heterocycles. The van der Waals surface area contributed by atoms with Gasteiger partial charge in [-0.1, -0.05) is 30.3 Å². The highest BCUT2D eigenvalue weighted by Gasteiger charge is 2.35. The Morgan fingerprint density at radius 3 is 2.60 bits per heavy atom. The minimum Gasteiger partial charge on any atom is -0.330 e. The maximum absolute atomic E-state index is 12.8. The van der Waals surface area contributed by atoms with Crippen LogP contribution in [0, 0.1) is 0 Å². The molecule has 0 bridgehead atoms. The normalized spacial score (nSPS) is 14.3. The highest BCUT2D eigenvalue weighted by molar-refractivity contribution is 7.09. The van der Waals surface area contributed by atoms with Crippen molar-refractivity contribution in [3.8, 4) is 0 Å². The topological polar surface area (TPSA) is 73.8 Å². The minimum atomic E-state index is -0.438. The van der Waals surface area contributed by atoms with Gasteiger partial charge in [0.05, 0.1) is 6.54 Å². The summed E-state index contributed by atoms with van der Waals surface area (Å²) in [5, 5.41) is 2.66. The summed E-state index contributed by atoms with van der Waals surface area (Å²) in [5.74, 6) is -0.634. The third-order valence-electron chi connectivity index (χ3n) is 3.90. The van der Waals surface area contributed by atoms with Crippen LogP contribution in [0.25, 0.3) is 0 Å². The van der Waals surface area contributed by atoms with Gasteiger partial charge in [-0.05, 0) is 5.56 Å². The van der Waals surface area contributed by atoms with Crippen molar-refractivity contribution in [3.05, 3.63) is 52.5 Å². The Bertz CT molecular complexity index is 763. The van der Waals surface area contributed by atoms with Gasteiger partial charge in [0.1, 0.15) is 18.1 Å². The number of hydrogen-bond acceptors (Lipinski definition) is 5. The van der Waals surface area contributed by atoms with Crippen molar-refractivity contribution in [1.29, 1.82) is 0 Å². The minimum absolute atomic E-state index is 0.0112. The van der Waals surface area contributed by atoms with Crippen molar-refractivity contribution < 1.29 is 14.4 Å². The number of amides is 4. The molecule has 4 amide bonds. The summed E-state index contributed by atoms with van der Waals surface area (Å²) >= 11 is 1.46. The molecule has 0 radical (unpaired) electrons. The molecular weight excluding hydrogens is 340 g/mol. The fourth-order valence-electron chi connectivity index (χ4n) is 2.59. The molecule has 0 unspecified atom stereocenters. The van der Waals surface area contributed by atoms with Crippen molar-refractivity contribution in [3.63, 3.8) is 0 Å². The third-order valence-corrected chi connectivity index (χ3v) is 4.67. The number of thiazole rings is 1. The number of carbonyl (C=O) groups excluding carboxylic acids is 3. The SMILES string of the molecule is CN1CC(=O)N(CC(=O)N(Cc2ccccc2)Cc2nccs2)C1=O. The lowest BCUT2D eigenvalue weighted by atomic mass is 10.2. The van der Waals surface area contributed by atoms with E-state index in [0.717, 1.165) is 15.5 Å². The molecule has 0 spiro atoms. The smallest absolute Gasteiger partial charge is 0.327 e. The number of rotatable bonds is 6. The van der Waals surface area contributed by atoms with Crippen LogP contribution in [-0.2, 0) is 22.7 Å². The van der Waals surface area contributed by atoms with Gasteiger partial charge in [0, 0.05) is 25.2 Å². The second kappa shape index (κ2) is 7.43. The van der Waals surface area contributed by atoms with E-state index >= 15 is 0 Å². The molecule has 0 N–H and O–H groups in total. The van der Waals surface area contributed by atoms with Crippen LogP contribution in [0.15, 0.2) is 41.9 Å². The van der Waals surface area contributed by atoms with Crippen LogP contribution >= 0.6 is 11.3 Å². The van der Waals surface area contributed by atoms with E-state index in [1.54, 1.807) is 18.1 Å². The Labute approximate surface area is 149 Å². The van der Waals surface area contributed by atoms with E-state index in [9.17, 15) is 14.4 Å². The molecule has 130 valence electrons. The number of imide groups is 1. The van der Waals surface area contributed by atoms with E-state index in [2.05, 4.69) is 4.98 Å². The Kier molecular flexibility index (Phi) is 5.08. The predicted molar refractivity (Wildman–Crippen MR) is 92.5 cm³/mol. The van der Waals surface area contributed by atoms with Gasteiger partial charge in [0.25, 0.3) is 5.91 Å². The Morgan fingerprint density at radius 1 is 1.24 bits per heavy atom. The van der Waals surface area contributed by atoms with E-state index in [1.807, 2.05) is 35.7 Å². The van der Waals surface area contributed by atoms with Gasteiger partial charge in [0.2, 0.25) is 5.91 Å². The number of carbonyl (C=O) groups is 3.